The molecule has 0 saturated heterocycles. The Morgan fingerprint density at radius 1 is 1.29 bits per heavy atom. The molecule has 1 aromatic heterocycles. The van der Waals surface area contributed by atoms with E-state index in [1.165, 1.54) is 13.4 Å². The van der Waals surface area contributed by atoms with Crippen LogP contribution in [0.4, 0.5) is 0 Å². The van der Waals surface area contributed by atoms with E-state index in [0.717, 1.165) is 0 Å². The molecule has 112 valence electrons. The highest BCUT2D eigenvalue weighted by atomic mass is 16.5. The van der Waals surface area contributed by atoms with Crippen molar-refractivity contribution >= 4 is 5.91 Å². The predicted molar refractivity (Wildman–Crippen MR) is 76.4 cm³/mol. The quantitative estimate of drug-likeness (QED) is 0.898. The summed E-state index contributed by atoms with van der Waals surface area (Å²) in [4.78, 5) is 16.4. The van der Waals surface area contributed by atoms with Gasteiger partial charge in [-0.05, 0) is 25.1 Å². The molecule has 1 atom stereocenters. The van der Waals surface area contributed by atoms with Gasteiger partial charge in [0, 0.05) is 12.6 Å². The number of aromatic nitrogens is 3. The van der Waals surface area contributed by atoms with Crippen LogP contribution in [0.2, 0.25) is 0 Å². The summed E-state index contributed by atoms with van der Waals surface area (Å²) in [6.45, 7) is 1.85. The highest BCUT2D eigenvalue weighted by molar-refractivity contribution is 5.95. The highest BCUT2D eigenvalue weighted by Gasteiger charge is 2.16. The van der Waals surface area contributed by atoms with Crippen LogP contribution in [0, 0.1) is 0 Å². The van der Waals surface area contributed by atoms with Gasteiger partial charge < -0.3 is 14.8 Å². The summed E-state index contributed by atoms with van der Waals surface area (Å²) < 4.78 is 12.0. The normalized spacial score (nSPS) is 11.8. The van der Waals surface area contributed by atoms with E-state index in [-0.39, 0.29) is 11.9 Å². The second-order valence-corrected chi connectivity index (χ2v) is 4.51. The van der Waals surface area contributed by atoms with Gasteiger partial charge in [0.2, 0.25) is 0 Å². The molecule has 1 heterocycles. The van der Waals surface area contributed by atoms with Crippen LogP contribution in [0.5, 0.6) is 11.5 Å². The summed E-state index contributed by atoms with van der Waals surface area (Å²) in [6, 6.07) is 4.76. The fourth-order valence-electron chi connectivity index (χ4n) is 2.02. The first-order valence-electron chi connectivity index (χ1n) is 6.43. The molecule has 0 aliphatic rings. The largest absolute Gasteiger partial charge is 0.493 e. The van der Waals surface area contributed by atoms with Gasteiger partial charge >= 0.3 is 0 Å². The van der Waals surface area contributed by atoms with Gasteiger partial charge in [0.05, 0.1) is 20.3 Å². The average Bonchev–Trinajstić information content (AvgIpc) is 2.92. The zero-order valence-corrected chi connectivity index (χ0v) is 12.5. The molecule has 0 unspecified atom stereocenters. The fourth-order valence-corrected chi connectivity index (χ4v) is 2.02. The van der Waals surface area contributed by atoms with Crippen LogP contribution in [-0.2, 0) is 7.05 Å². The first-order valence-corrected chi connectivity index (χ1v) is 6.43. The van der Waals surface area contributed by atoms with Crippen LogP contribution in [0.1, 0.15) is 29.1 Å². The Labute approximate surface area is 122 Å². The zero-order valence-electron chi connectivity index (χ0n) is 12.5. The molecule has 2 aromatic rings. The van der Waals surface area contributed by atoms with E-state index in [2.05, 4.69) is 15.4 Å². The number of amides is 1. The molecule has 7 heteroatoms. The number of rotatable bonds is 5. The van der Waals surface area contributed by atoms with Crippen molar-refractivity contribution in [3.63, 3.8) is 0 Å². The molecule has 2 rings (SSSR count). The van der Waals surface area contributed by atoms with Crippen molar-refractivity contribution in [2.75, 3.05) is 14.2 Å². The Bertz CT molecular complexity index is 639. The van der Waals surface area contributed by atoms with Gasteiger partial charge in [0.25, 0.3) is 5.91 Å². The van der Waals surface area contributed by atoms with Gasteiger partial charge in [-0.25, -0.2) is 4.98 Å². The molecule has 0 aliphatic heterocycles. The molecular formula is C14H18N4O3. The number of carbonyl (C=O) groups is 1. The molecule has 1 N–H and O–H groups in total. The lowest BCUT2D eigenvalue weighted by atomic mass is 10.1. The summed E-state index contributed by atoms with van der Waals surface area (Å²) in [6.07, 6.45) is 1.45. The first-order chi connectivity index (χ1) is 10.1. The molecule has 0 fully saturated rings. The number of nitrogens with one attached hydrogen (secondary N) is 1. The van der Waals surface area contributed by atoms with Crippen molar-refractivity contribution in [3.8, 4) is 11.5 Å². The van der Waals surface area contributed by atoms with Gasteiger partial charge in [0.15, 0.2) is 11.5 Å². The Morgan fingerprint density at radius 3 is 2.57 bits per heavy atom. The van der Waals surface area contributed by atoms with Crippen molar-refractivity contribution in [2.45, 2.75) is 13.0 Å². The predicted octanol–water partition coefficient (Wildman–Crippen LogP) is 1.32. The van der Waals surface area contributed by atoms with Crippen molar-refractivity contribution in [1.82, 2.24) is 20.1 Å². The second kappa shape index (κ2) is 6.25. The van der Waals surface area contributed by atoms with Gasteiger partial charge in [0.1, 0.15) is 12.2 Å². The van der Waals surface area contributed by atoms with Crippen molar-refractivity contribution in [1.29, 1.82) is 0 Å². The Morgan fingerprint density at radius 2 is 2.00 bits per heavy atom. The Hall–Kier alpha value is -2.57. The van der Waals surface area contributed by atoms with Gasteiger partial charge in [-0.15, -0.1) is 0 Å². The average molecular weight is 290 g/mol. The van der Waals surface area contributed by atoms with Crippen LogP contribution >= 0.6 is 0 Å². The number of methoxy groups -OCH3 is 2. The van der Waals surface area contributed by atoms with Gasteiger partial charge in [-0.2, -0.15) is 5.10 Å². The number of nitrogens with zero attached hydrogens (tertiary/aromatic N) is 3. The molecule has 1 aromatic carbocycles. The minimum Gasteiger partial charge on any atom is -0.493 e. The maximum Gasteiger partial charge on any atom is 0.252 e. The van der Waals surface area contributed by atoms with Crippen LogP contribution < -0.4 is 14.8 Å². The third-order valence-corrected chi connectivity index (χ3v) is 3.13. The van der Waals surface area contributed by atoms with Crippen molar-refractivity contribution < 1.29 is 14.3 Å². The monoisotopic (exact) mass is 290 g/mol. The molecule has 1 amide bonds. The zero-order chi connectivity index (χ0) is 15.4. The van der Waals surface area contributed by atoms with Crippen LogP contribution in [-0.4, -0.2) is 34.9 Å². The Balaban J connectivity index is 2.15. The summed E-state index contributed by atoms with van der Waals surface area (Å²) in [7, 11) is 4.86. The maximum atomic E-state index is 12.3. The fraction of sp³-hybridized carbons (Fsp3) is 0.357. The molecule has 0 spiro atoms. The third kappa shape index (κ3) is 3.13. The molecule has 0 saturated carbocycles. The second-order valence-electron chi connectivity index (χ2n) is 4.51. The molecule has 7 nitrogen and oxygen atoms in total. The molecule has 21 heavy (non-hydrogen) atoms. The third-order valence-electron chi connectivity index (χ3n) is 3.13. The summed E-state index contributed by atoms with van der Waals surface area (Å²) >= 11 is 0. The van der Waals surface area contributed by atoms with E-state index in [1.807, 2.05) is 6.92 Å². The lowest BCUT2D eigenvalue weighted by molar-refractivity contribution is 0.0937. The SMILES string of the molecule is COc1ccc(C(=O)N[C@H](C)c2ncnn2C)cc1OC. The number of carbonyl (C=O) groups excluding carboxylic acids is 1. The topological polar surface area (TPSA) is 78.3 Å². The summed E-state index contributed by atoms with van der Waals surface area (Å²) in [5.41, 5.74) is 0.488. The molecule has 0 aliphatic carbocycles. The number of benzene rings is 1. The van der Waals surface area contributed by atoms with Crippen molar-refractivity contribution in [2.24, 2.45) is 7.05 Å². The standard InChI is InChI=1S/C14H18N4O3/c1-9(13-15-8-16-18(13)2)17-14(19)10-5-6-11(20-3)12(7-10)21-4/h5-9H,1-4H3,(H,17,19)/t9-/m1/s1. The maximum absolute atomic E-state index is 12.3. The van der Waals surface area contributed by atoms with E-state index < -0.39 is 0 Å². The summed E-state index contributed by atoms with van der Waals surface area (Å²) in [5.74, 6) is 1.56. The molecular weight excluding hydrogens is 272 g/mol. The first kappa shape index (κ1) is 14.8. The van der Waals surface area contributed by atoms with Crippen LogP contribution in [0.15, 0.2) is 24.5 Å². The lowest BCUT2D eigenvalue weighted by Crippen LogP contribution is -2.28. The van der Waals surface area contributed by atoms with Gasteiger partial charge in [-0.1, -0.05) is 0 Å². The minimum atomic E-state index is -0.252. The number of aryl methyl sites for hydroxylation is 1. The molecule has 0 radical (unpaired) electrons. The van der Waals surface area contributed by atoms with Crippen molar-refractivity contribution in [3.05, 3.63) is 35.9 Å². The molecule has 0 bridgehead atoms. The Kier molecular flexibility index (Phi) is 4.42. The van der Waals surface area contributed by atoms with Crippen LogP contribution in [0.3, 0.4) is 0 Å². The minimum absolute atomic E-state index is 0.216. The number of ether oxygens (including phenoxy) is 2. The van der Waals surface area contributed by atoms with E-state index in [0.29, 0.717) is 22.9 Å². The summed E-state index contributed by atoms with van der Waals surface area (Å²) in [5, 5.41) is 6.86. The van der Waals surface area contributed by atoms with E-state index >= 15 is 0 Å². The number of hydrogen-bond acceptors (Lipinski definition) is 5. The van der Waals surface area contributed by atoms with Crippen LogP contribution in [0.25, 0.3) is 0 Å². The van der Waals surface area contributed by atoms with E-state index in [1.54, 1.807) is 37.0 Å². The smallest absolute Gasteiger partial charge is 0.252 e. The number of hydrogen-bond donors (Lipinski definition) is 1. The van der Waals surface area contributed by atoms with Gasteiger partial charge in [-0.3, -0.25) is 9.48 Å². The van der Waals surface area contributed by atoms with E-state index in [4.69, 9.17) is 9.47 Å². The lowest BCUT2D eigenvalue weighted by Gasteiger charge is -2.14. The highest BCUT2D eigenvalue weighted by Crippen LogP contribution is 2.27. The van der Waals surface area contributed by atoms with E-state index in [9.17, 15) is 4.79 Å².